The fourth-order valence-corrected chi connectivity index (χ4v) is 9.02. The van der Waals surface area contributed by atoms with Crippen molar-refractivity contribution >= 4 is 45.3 Å². The zero-order valence-corrected chi connectivity index (χ0v) is 23.7. The molecule has 0 bridgehead atoms. The molecule has 0 unspecified atom stereocenters. The number of fused-ring (bicyclic) bond motifs is 6. The van der Waals surface area contributed by atoms with Gasteiger partial charge in [0.05, 0.1) is 13.2 Å². The minimum Gasteiger partial charge on any atom is -0.392 e. The van der Waals surface area contributed by atoms with E-state index in [4.69, 9.17) is 0 Å². The molecule has 2 aromatic carbocycles. The highest BCUT2D eigenvalue weighted by atomic mass is 32.1. The summed E-state index contributed by atoms with van der Waals surface area (Å²) in [5, 5.41) is 27.8. The van der Waals surface area contributed by atoms with E-state index in [1.807, 2.05) is 69.8 Å². The molecule has 0 spiro atoms. The van der Waals surface area contributed by atoms with Crippen molar-refractivity contribution in [3.8, 4) is 41.8 Å². The minimum atomic E-state index is -0.00266. The number of benzene rings is 2. The van der Waals surface area contributed by atoms with E-state index in [-0.39, 0.29) is 13.2 Å². The molecular weight excluding hydrogens is 545 g/mol. The number of thiophene rings is 4. The maximum Gasteiger partial charge on any atom is 0.0688 e. The topological polar surface area (TPSA) is 40.5 Å². The molecule has 2 aliphatic carbocycles. The number of aliphatic hydroxyl groups is 2. The molecule has 0 atom stereocenters. The van der Waals surface area contributed by atoms with Crippen LogP contribution in [0.5, 0.6) is 0 Å². The molecule has 4 heterocycles. The molecule has 6 aromatic rings. The van der Waals surface area contributed by atoms with Crippen molar-refractivity contribution in [3.63, 3.8) is 0 Å². The molecule has 0 fully saturated rings. The summed E-state index contributed by atoms with van der Waals surface area (Å²) in [6, 6.07) is 21.5. The Hall–Kier alpha value is -2.84. The largest absolute Gasteiger partial charge is 0.392 e. The molecule has 0 radical (unpaired) electrons. The van der Waals surface area contributed by atoms with Crippen LogP contribution >= 0.6 is 45.3 Å². The van der Waals surface area contributed by atoms with Gasteiger partial charge in [-0.05, 0) is 139 Å². The quantitative estimate of drug-likeness (QED) is 0.222. The summed E-state index contributed by atoms with van der Waals surface area (Å²) in [7, 11) is 0. The third kappa shape index (κ3) is 4.13. The van der Waals surface area contributed by atoms with Crippen molar-refractivity contribution < 1.29 is 10.2 Å². The molecule has 38 heavy (non-hydrogen) atoms. The van der Waals surface area contributed by atoms with Crippen molar-refractivity contribution in [2.75, 3.05) is 0 Å². The van der Waals surface area contributed by atoms with E-state index < -0.39 is 0 Å². The second kappa shape index (κ2) is 10.0. The smallest absolute Gasteiger partial charge is 0.0688 e. The van der Waals surface area contributed by atoms with E-state index in [1.54, 1.807) is 22.7 Å². The Morgan fingerprint density at radius 3 is 1.37 bits per heavy atom. The van der Waals surface area contributed by atoms with Gasteiger partial charge >= 0.3 is 0 Å². The number of hydrogen-bond acceptors (Lipinski definition) is 6. The lowest BCUT2D eigenvalue weighted by Crippen LogP contribution is -1.95. The lowest BCUT2D eigenvalue weighted by molar-refractivity contribution is 0.279. The predicted molar refractivity (Wildman–Crippen MR) is 164 cm³/mol. The predicted octanol–water partition coefficient (Wildman–Crippen LogP) is 9.08. The summed E-state index contributed by atoms with van der Waals surface area (Å²) in [6.07, 6.45) is 2.25. The van der Waals surface area contributed by atoms with Crippen LogP contribution in [0.25, 0.3) is 41.8 Å². The molecular formula is C32H24O2S4. The van der Waals surface area contributed by atoms with Crippen LogP contribution in [-0.4, -0.2) is 10.2 Å². The van der Waals surface area contributed by atoms with Crippen LogP contribution in [0.3, 0.4) is 0 Å². The van der Waals surface area contributed by atoms with Crippen molar-refractivity contribution in [2.45, 2.75) is 26.1 Å². The first-order chi connectivity index (χ1) is 18.7. The molecule has 8 rings (SSSR count). The molecule has 0 saturated carbocycles. The standard InChI is InChI=1S/C16H14O2S2.C16H10S2/c17-9-11-8-14(16-4-2-6-20-16)12(10-18)7-13(11)15-3-1-5-19-15;1-3-17-15-9(1)5-11-7-14-12(8-13(11)15)6-10-2-4-18-16(10)14/h1-8,17-18H,9-10H2;1-4,7-8H,5-6H2. The van der Waals surface area contributed by atoms with Crippen LogP contribution in [0.15, 0.2) is 82.2 Å². The summed E-state index contributed by atoms with van der Waals surface area (Å²) in [5.41, 5.74) is 12.9. The molecule has 0 amide bonds. The first-order valence-corrected chi connectivity index (χ1v) is 16.0. The van der Waals surface area contributed by atoms with E-state index in [1.165, 1.54) is 43.1 Å². The van der Waals surface area contributed by atoms with Gasteiger partial charge in [-0.25, -0.2) is 0 Å². The molecule has 0 aliphatic heterocycles. The lowest BCUT2D eigenvalue weighted by atomic mass is 9.97. The van der Waals surface area contributed by atoms with Gasteiger partial charge < -0.3 is 10.2 Å². The SMILES string of the molecule is OCc1cc(-c2cccs2)c(CO)cc1-c1cccs1.c1cc2c(s1)-c1cc3c(cc1C2)-c1sccc1C3. The molecule has 188 valence electrons. The van der Waals surface area contributed by atoms with Crippen LogP contribution < -0.4 is 0 Å². The molecule has 4 aromatic heterocycles. The van der Waals surface area contributed by atoms with E-state index in [2.05, 4.69) is 35.0 Å². The average Bonchev–Trinajstić information content (AvgIpc) is 3.77. The van der Waals surface area contributed by atoms with Gasteiger partial charge in [0.15, 0.2) is 0 Å². The monoisotopic (exact) mass is 568 g/mol. The van der Waals surface area contributed by atoms with E-state index >= 15 is 0 Å². The molecule has 2 N–H and O–H groups in total. The Labute approximate surface area is 237 Å². The van der Waals surface area contributed by atoms with E-state index in [9.17, 15) is 10.2 Å². The highest BCUT2D eigenvalue weighted by Crippen LogP contribution is 2.47. The fraction of sp³-hybridized carbons (Fsp3) is 0.125. The van der Waals surface area contributed by atoms with Gasteiger partial charge in [-0.1, -0.05) is 12.1 Å². The Morgan fingerprint density at radius 1 is 0.500 bits per heavy atom. The summed E-state index contributed by atoms with van der Waals surface area (Å²) in [6.45, 7) is -0.00532. The second-order valence-electron chi connectivity index (χ2n) is 9.51. The van der Waals surface area contributed by atoms with Crippen molar-refractivity contribution in [2.24, 2.45) is 0 Å². The van der Waals surface area contributed by atoms with Gasteiger partial charge in [0.25, 0.3) is 0 Å². The summed E-state index contributed by atoms with van der Waals surface area (Å²) in [5.74, 6) is 0. The third-order valence-electron chi connectivity index (χ3n) is 7.32. The molecule has 2 aliphatic rings. The van der Waals surface area contributed by atoms with Crippen LogP contribution in [0.1, 0.15) is 33.4 Å². The molecule has 2 nitrogen and oxygen atoms in total. The van der Waals surface area contributed by atoms with Crippen molar-refractivity contribution in [3.05, 3.63) is 116 Å². The number of hydrogen-bond donors (Lipinski definition) is 2. The molecule has 6 heteroatoms. The van der Waals surface area contributed by atoms with Crippen molar-refractivity contribution in [1.29, 1.82) is 0 Å². The zero-order chi connectivity index (χ0) is 25.6. The maximum absolute atomic E-state index is 9.65. The Morgan fingerprint density at radius 2 is 0.974 bits per heavy atom. The normalized spacial score (nSPS) is 12.5. The lowest BCUT2D eigenvalue weighted by Gasteiger charge is -2.13. The minimum absolute atomic E-state index is 0.00266. The number of rotatable bonds is 4. The van der Waals surface area contributed by atoms with E-state index in [0.29, 0.717) is 0 Å². The van der Waals surface area contributed by atoms with Crippen LogP contribution in [0, 0.1) is 0 Å². The first kappa shape index (κ1) is 24.2. The van der Waals surface area contributed by atoms with Crippen LogP contribution in [0.2, 0.25) is 0 Å². The zero-order valence-electron chi connectivity index (χ0n) is 20.4. The van der Waals surface area contributed by atoms with Gasteiger partial charge in [0.2, 0.25) is 0 Å². The van der Waals surface area contributed by atoms with Gasteiger partial charge in [-0.15, -0.1) is 45.3 Å². The summed E-state index contributed by atoms with van der Waals surface area (Å²) in [4.78, 5) is 5.23. The Bertz CT molecular complexity index is 1610. The van der Waals surface area contributed by atoms with Crippen molar-refractivity contribution in [1.82, 2.24) is 0 Å². The fourth-order valence-electron chi connectivity index (χ4n) is 5.51. The van der Waals surface area contributed by atoms with Gasteiger partial charge in [0.1, 0.15) is 0 Å². The second-order valence-corrected chi connectivity index (χ2v) is 13.2. The molecule has 0 saturated heterocycles. The van der Waals surface area contributed by atoms with Gasteiger partial charge in [-0.3, -0.25) is 0 Å². The Kier molecular flexibility index (Phi) is 6.40. The average molecular weight is 569 g/mol. The van der Waals surface area contributed by atoms with E-state index in [0.717, 1.165) is 44.8 Å². The summed E-state index contributed by atoms with van der Waals surface area (Å²) >= 11 is 7.05. The van der Waals surface area contributed by atoms with Gasteiger partial charge in [0, 0.05) is 19.5 Å². The van der Waals surface area contributed by atoms with Gasteiger partial charge in [-0.2, -0.15) is 0 Å². The third-order valence-corrected chi connectivity index (χ3v) is 11.1. The summed E-state index contributed by atoms with van der Waals surface area (Å²) < 4.78 is 0. The van der Waals surface area contributed by atoms with Crippen LogP contribution in [-0.2, 0) is 26.1 Å². The highest BCUT2D eigenvalue weighted by molar-refractivity contribution is 7.14. The highest BCUT2D eigenvalue weighted by Gasteiger charge is 2.26. The van der Waals surface area contributed by atoms with Crippen LogP contribution in [0.4, 0.5) is 0 Å². The Balaban J connectivity index is 0.000000128. The number of aliphatic hydroxyl groups excluding tert-OH is 2. The maximum atomic E-state index is 9.65. The first-order valence-electron chi connectivity index (χ1n) is 12.5.